The molecule has 1 aromatic heterocycles. The normalized spacial score (nSPS) is 10.8. The Hall–Kier alpha value is -2.72. The number of ether oxygens (including phenoxy) is 1. The number of anilines is 1. The zero-order valence-electron chi connectivity index (χ0n) is 13.6. The molecular weight excluding hydrogens is 400 g/mol. The lowest BCUT2D eigenvalue weighted by Gasteiger charge is -2.09. The zero-order valence-corrected chi connectivity index (χ0v) is 15.1. The number of hydrogen-bond acceptors (Lipinski definition) is 6. The first kappa shape index (κ1) is 19.1. The summed E-state index contributed by atoms with van der Waals surface area (Å²) >= 11 is 7.01. The van der Waals surface area contributed by atoms with Crippen molar-refractivity contribution >= 4 is 35.0 Å². The van der Waals surface area contributed by atoms with Gasteiger partial charge in [-0.25, -0.2) is 0 Å². The van der Waals surface area contributed by atoms with Crippen LogP contribution in [0.4, 0.5) is 14.5 Å². The molecule has 0 atom stereocenters. The van der Waals surface area contributed by atoms with Crippen molar-refractivity contribution in [1.82, 2.24) is 20.2 Å². The Morgan fingerprint density at radius 1 is 1.26 bits per heavy atom. The number of nitrogens with zero attached hydrogens (tertiary/aromatic N) is 4. The van der Waals surface area contributed by atoms with Gasteiger partial charge in [-0.2, -0.15) is 13.5 Å². The maximum Gasteiger partial charge on any atom is 0.387 e. The molecule has 3 rings (SSSR count). The molecule has 0 saturated heterocycles. The Morgan fingerprint density at radius 3 is 2.74 bits per heavy atom. The van der Waals surface area contributed by atoms with Crippen LogP contribution < -0.4 is 10.1 Å². The summed E-state index contributed by atoms with van der Waals surface area (Å²) < 4.78 is 30.2. The van der Waals surface area contributed by atoms with E-state index in [1.54, 1.807) is 0 Å². The van der Waals surface area contributed by atoms with Crippen LogP contribution in [0.5, 0.6) is 5.75 Å². The lowest BCUT2D eigenvalue weighted by atomic mass is 10.3. The van der Waals surface area contributed by atoms with E-state index in [0.717, 1.165) is 17.4 Å². The van der Waals surface area contributed by atoms with Crippen LogP contribution in [0.2, 0.25) is 5.02 Å². The van der Waals surface area contributed by atoms with Crippen LogP contribution >= 0.6 is 23.4 Å². The number of benzene rings is 2. The minimum absolute atomic E-state index is 0.0335. The van der Waals surface area contributed by atoms with E-state index in [1.807, 2.05) is 30.3 Å². The van der Waals surface area contributed by atoms with E-state index in [4.69, 9.17) is 11.6 Å². The molecule has 3 aromatic rings. The molecule has 2 aromatic carbocycles. The molecule has 1 amide bonds. The molecule has 1 N–H and O–H groups in total. The van der Waals surface area contributed by atoms with Crippen molar-refractivity contribution in [2.75, 3.05) is 11.1 Å². The Kier molecular flexibility index (Phi) is 6.20. The largest absolute Gasteiger partial charge is 0.433 e. The van der Waals surface area contributed by atoms with Crippen LogP contribution in [0.3, 0.4) is 0 Å². The Balaban J connectivity index is 1.60. The highest BCUT2D eigenvalue weighted by Gasteiger charge is 2.13. The molecule has 7 nitrogen and oxygen atoms in total. The molecule has 0 aliphatic rings. The molecule has 0 bridgehead atoms. The number of halogens is 3. The smallest absolute Gasteiger partial charge is 0.387 e. The number of aromatic nitrogens is 4. The molecule has 0 unspecified atom stereocenters. The molecule has 0 aliphatic carbocycles. The fraction of sp³-hybridized carbons (Fsp3) is 0.125. The van der Waals surface area contributed by atoms with Gasteiger partial charge in [0.25, 0.3) is 0 Å². The third kappa shape index (κ3) is 5.14. The van der Waals surface area contributed by atoms with Crippen molar-refractivity contribution in [3.8, 4) is 11.4 Å². The summed E-state index contributed by atoms with van der Waals surface area (Å²) in [5, 5.41) is 14.5. The predicted octanol–water partition coefficient (Wildman–Crippen LogP) is 3.65. The van der Waals surface area contributed by atoms with E-state index in [2.05, 4.69) is 25.6 Å². The molecule has 0 spiro atoms. The van der Waals surface area contributed by atoms with Crippen molar-refractivity contribution in [2.24, 2.45) is 0 Å². The number of carbonyl (C=O) groups excluding carboxylic acids is 1. The molecule has 27 heavy (non-hydrogen) atoms. The maximum absolute atomic E-state index is 12.2. The number of tetrazole rings is 1. The number of para-hydroxylation sites is 1. The Morgan fingerprint density at radius 2 is 2.04 bits per heavy atom. The molecular formula is C16H12ClF2N5O2S. The van der Waals surface area contributed by atoms with Gasteiger partial charge in [-0.05, 0) is 40.8 Å². The number of alkyl halides is 2. The fourth-order valence-electron chi connectivity index (χ4n) is 2.10. The number of nitrogens with one attached hydrogen (secondary N) is 1. The van der Waals surface area contributed by atoms with E-state index in [9.17, 15) is 13.6 Å². The summed E-state index contributed by atoms with van der Waals surface area (Å²) in [6.07, 6.45) is 0. The summed E-state index contributed by atoms with van der Waals surface area (Å²) in [4.78, 5) is 12.1. The number of amides is 1. The van der Waals surface area contributed by atoms with Gasteiger partial charge in [-0.1, -0.05) is 41.6 Å². The highest BCUT2D eigenvalue weighted by atomic mass is 35.5. The molecule has 0 fully saturated rings. The van der Waals surface area contributed by atoms with Crippen LogP contribution in [0, 0.1) is 0 Å². The van der Waals surface area contributed by atoms with E-state index >= 15 is 0 Å². The molecule has 0 aliphatic heterocycles. The second-order valence-electron chi connectivity index (χ2n) is 5.07. The first-order chi connectivity index (χ1) is 13.0. The van der Waals surface area contributed by atoms with Gasteiger partial charge < -0.3 is 10.1 Å². The van der Waals surface area contributed by atoms with Gasteiger partial charge in [0.2, 0.25) is 11.1 Å². The fourth-order valence-corrected chi connectivity index (χ4v) is 3.01. The van der Waals surface area contributed by atoms with Crippen molar-refractivity contribution < 1.29 is 18.3 Å². The SMILES string of the molecule is O=C(CSc1nnnn1-c1ccccc1)Nc1ccc(OC(F)F)c(Cl)c1. The Labute approximate surface area is 161 Å². The minimum atomic E-state index is -2.98. The van der Waals surface area contributed by atoms with Gasteiger partial charge in [0.15, 0.2) is 0 Å². The van der Waals surface area contributed by atoms with Gasteiger partial charge in [0, 0.05) is 5.69 Å². The highest BCUT2D eigenvalue weighted by molar-refractivity contribution is 7.99. The average Bonchev–Trinajstić information content (AvgIpc) is 3.11. The van der Waals surface area contributed by atoms with Gasteiger partial charge in [0.05, 0.1) is 16.5 Å². The maximum atomic E-state index is 12.2. The van der Waals surface area contributed by atoms with Crippen molar-refractivity contribution in [3.05, 3.63) is 53.6 Å². The van der Waals surface area contributed by atoms with Crippen LogP contribution in [-0.4, -0.2) is 38.5 Å². The van der Waals surface area contributed by atoms with Crippen molar-refractivity contribution in [2.45, 2.75) is 11.8 Å². The second-order valence-corrected chi connectivity index (χ2v) is 6.42. The van der Waals surface area contributed by atoms with Crippen molar-refractivity contribution in [3.63, 3.8) is 0 Å². The summed E-state index contributed by atoms with van der Waals surface area (Å²) in [6.45, 7) is -2.98. The van der Waals surface area contributed by atoms with E-state index in [1.165, 1.54) is 22.9 Å². The van der Waals surface area contributed by atoms with Gasteiger partial charge in [-0.15, -0.1) is 5.10 Å². The van der Waals surface area contributed by atoms with Crippen LogP contribution in [0.25, 0.3) is 5.69 Å². The number of rotatable bonds is 7. The summed E-state index contributed by atoms with van der Waals surface area (Å²) in [6, 6.07) is 13.3. The van der Waals surface area contributed by atoms with Crippen LogP contribution in [0.15, 0.2) is 53.7 Å². The third-order valence-corrected chi connectivity index (χ3v) is 4.42. The Bertz CT molecular complexity index is 926. The monoisotopic (exact) mass is 411 g/mol. The van der Waals surface area contributed by atoms with Crippen LogP contribution in [0.1, 0.15) is 0 Å². The van der Waals surface area contributed by atoms with Crippen molar-refractivity contribution in [1.29, 1.82) is 0 Å². The zero-order chi connectivity index (χ0) is 19.2. The first-order valence-corrected chi connectivity index (χ1v) is 8.90. The van der Waals surface area contributed by atoms with E-state index in [0.29, 0.717) is 10.8 Å². The minimum Gasteiger partial charge on any atom is -0.433 e. The average molecular weight is 412 g/mol. The molecule has 0 saturated carbocycles. The van der Waals surface area contributed by atoms with E-state index < -0.39 is 6.61 Å². The quantitative estimate of drug-likeness (QED) is 0.598. The molecule has 1 heterocycles. The standard InChI is InChI=1S/C16H12ClF2N5O2S/c17-12-8-10(6-7-13(12)26-15(18)19)20-14(25)9-27-16-21-22-23-24(16)11-4-2-1-3-5-11/h1-8,15H,9H2,(H,20,25). The number of hydrogen-bond donors (Lipinski definition) is 1. The lowest BCUT2D eigenvalue weighted by molar-refractivity contribution is -0.113. The second kappa shape index (κ2) is 8.78. The lowest BCUT2D eigenvalue weighted by Crippen LogP contribution is -2.14. The van der Waals surface area contributed by atoms with Gasteiger partial charge in [-0.3, -0.25) is 4.79 Å². The van der Waals surface area contributed by atoms with Crippen LogP contribution in [-0.2, 0) is 4.79 Å². The summed E-state index contributed by atoms with van der Waals surface area (Å²) in [5.41, 5.74) is 1.13. The van der Waals surface area contributed by atoms with E-state index in [-0.39, 0.29) is 22.4 Å². The van der Waals surface area contributed by atoms with Gasteiger partial charge in [0.1, 0.15) is 5.75 Å². The highest BCUT2D eigenvalue weighted by Crippen LogP contribution is 2.29. The molecule has 11 heteroatoms. The summed E-state index contributed by atoms with van der Waals surface area (Å²) in [7, 11) is 0. The number of thioether (sulfide) groups is 1. The molecule has 140 valence electrons. The molecule has 0 radical (unpaired) electrons. The predicted molar refractivity (Wildman–Crippen MR) is 96.6 cm³/mol. The number of carbonyl (C=O) groups is 1. The first-order valence-electron chi connectivity index (χ1n) is 7.54. The third-order valence-electron chi connectivity index (χ3n) is 3.21. The summed E-state index contributed by atoms with van der Waals surface area (Å²) in [5.74, 6) is -0.456. The van der Waals surface area contributed by atoms with Gasteiger partial charge >= 0.3 is 6.61 Å². The topological polar surface area (TPSA) is 81.9 Å².